The Bertz CT molecular complexity index is 431. The van der Waals surface area contributed by atoms with Crippen molar-refractivity contribution in [2.75, 3.05) is 19.6 Å². The van der Waals surface area contributed by atoms with Crippen LogP contribution in [0.4, 0.5) is 0 Å². The molecule has 0 bridgehead atoms. The fraction of sp³-hybridized carbons (Fsp3) is 0.857. The van der Waals surface area contributed by atoms with E-state index in [0.717, 1.165) is 56.2 Å². The number of rotatable bonds is 4. The van der Waals surface area contributed by atoms with Crippen LogP contribution < -0.4 is 5.32 Å². The maximum atomic E-state index is 5.38. The molecule has 3 heterocycles. The molecule has 1 aromatic heterocycles. The second-order valence-electron chi connectivity index (χ2n) is 6.45. The molecule has 2 fully saturated rings. The summed E-state index contributed by atoms with van der Waals surface area (Å²) in [7, 11) is 0. The molecule has 0 amide bonds. The monoisotopic (exact) mass is 264 g/mol. The standard InChI is InChI=1S/C14H24N4O/c1-9(2)4-13-16-14(19-17-13)8-18-7-11-5-15-6-12(11)10(18)3/h9-12,15H,4-8H2,1-3H3. The van der Waals surface area contributed by atoms with Crippen molar-refractivity contribution in [3.05, 3.63) is 11.7 Å². The zero-order chi connectivity index (χ0) is 13.4. The van der Waals surface area contributed by atoms with Crippen molar-refractivity contribution in [3.63, 3.8) is 0 Å². The minimum absolute atomic E-state index is 0.571. The molecule has 0 saturated carbocycles. The first-order valence-corrected chi connectivity index (χ1v) is 7.39. The number of aromatic nitrogens is 2. The van der Waals surface area contributed by atoms with Gasteiger partial charge in [0.15, 0.2) is 5.82 Å². The maximum Gasteiger partial charge on any atom is 0.240 e. The van der Waals surface area contributed by atoms with Crippen molar-refractivity contribution >= 4 is 0 Å². The summed E-state index contributed by atoms with van der Waals surface area (Å²) in [5, 5.41) is 7.56. The van der Waals surface area contributed by atoms with Crippen molar-refractivity contribution < 1.29 is 4.52 Å². The average Bonchev–Trinajstić information content (AvgIpc) is 3.01. The Balaban J connectivity index is 1.61. The summed E-state index contributed by atoms with van der Waals surface area (Å²) in [6, 6.07) is 0.612. The quantitative estimate of drug-likeness (QED) is 0.888. The third-order valence-corrected chi connectivity index (χ3v) is 4.50. The van der Waals surface area contributed by atoms with Gasteiger partial charge in [-0.15, -0.1) is 0 Å². The second kappa shape index (κ2) is 5.21. The van der Waals surface area contributed by atoms with Gasteiger partial charge in [-0.05, 0) is 37.8 Å². The van der Waals surface area contributed by atoms with Crippen molar-refractivity contribution in [1.29, 1.82) is 0 Å². The van der Waals surface area contributed by atoms with Crippen molar-refractivity contribution in [1.82, 2.24) is 20.4 Å². The second-order valence-corrected chi connectivity index (χ2v) is 6.45. The first kappa shape index (κ1) is 13.1. The number of hydrogen-bond acceptors (Lipinski definition) is 5. The fourth-order valence-corrected chi connectivity index (χ4v) is 3.44. The van der Waals surface area contributed by atoms with Crippen LogP contribution in [0.1, 0.15) is 32.5 Å². The minimum Gasteiger partial charge on any atom is -0.338 e. The molecule has 0 radical (unpaired) electrons. The zero-order valence-corrected chi connectivity index (χ0v) is 12.1. The first-order chi connectivity index (χ1) is 9.13. The Morgan fingerprint density at radius 3 is 3.00 bits per heavy atom. The Labute approximate surface area is 114 Å². The molecule has 0 spiro atoms. The summed E-state index contributed by atoms with van der Waals surface area (Å²) >= 11 is 0. The van der Waals surface area contributed by atoms with E-state index in [1.165, 1.54) is 0 Å². The van der Waals surface area contributed by atoms with E-state index >= 15 is 0 Å². The molecule has 2 aliphatic rings. The molecule has 5 nitrogen and oxygen atoms in total. The van der Waals surface area contributed by atoms with E-state index in [-0.39, 0.29) is 0 Å². The lowest BCUT2D eigenvalue weighted by Crippen LogP contribution is -2.32. The summed E-state index contributed by atoms with van der Waals surface area (Å²) < 4.78 is 5.38. The average molecular weight is 264 g/mol. The van der Waals surface area contributed by atoms with Gasteiger partial charge in [-0.2, -0.15) is 4.98 Å². The summed E-state index contributed by atoms with van der Waals surface area (Å²) in [6.07, 6.45) is 0.897. The maximum absolute atomic E-state index is 5.38. The van der Waals surface area contributed by atoms with Crippen LogP contribution in [0.15, 0.2) is 4.52 Å². The van der Waals surface area contributed by atoms with Gasteiger partial charge in [-0.3, -0.25) is 4.90 Å². The number of hydrogen-bond donors (Lipinski definition) is 1. The largest absolute Gasteiger partial charge is 0.338 e. The number of nitrogens with zero attached hydrogens (tertiary/aromatic N) is 3. The third kappa shape index (κ3) is 2.67. The topological polar surface area (TPSA) is 54.2 Å². The molecule has 3 rings (SSSR count). The van der Waals surface area contributed by atoms with Crippen molar-refractivity contribution in [2.45, 2.75) is 39.8 Å². The van der Waals surface area contributed by atoms with Gasteiger partial charge in [-0.1, -0.05) is 19.0 Å². The number of likely N-dealkylation sites (tertiary alicyclic amines) is 1. The smallest absolute Gasteiger partial charge is 0.240 e. The van der Waals surface area contributed by atoms with Gasteiger partial charge in [-0.25, -0.2) is 0 Å². The first-order valence-electron chi connectivity index (χ1n) is 7.39. The van der Waals surface area contributed by atoms with Crippen LogP contribution in [-0.2, 0) is 13.0 Å². The molecule has 19 heavy (non-hydrogen) atoms. The van der Waals surface area contributed by atoms with E-state index in [9.17, 15) is 0 Å². The summed E-state index contributed by atoms with van der Waals surface area (Å²) in [5.41, 5.74) is 0. The van der Waals surface area contributed by atoms with Gasteiger partial charge in [0.1, 0.15) is 0 Å². The third-order valence-electron chi connectivity index (χ3n) is 4.50. The molecular formula is C14H24N4O. The van der Waals surface area contributed by atoms with E-state index in [1.54, 1.807) is 0 Å². The van der Waals surface area contributed by atoms with Gasteiger partial charge in [0, 0.05) is 19.0 Å². The van der Waals surface area contributed by atoms with Gasteiger partial charge >= 0.3 is 0 Å². The molecule has 106 valence electrons. The molecule has 3 atom stereocenters. The number of nitrogens with one attached hydrogen (secondary N) is 1. The van der Waals surface area contributed by atoms with E-state index in [4.69, 9.17) is 4.52 Å². The van der Waals surface area contributed by atoms with Gasteiger partial charge in [0.25, 0.3) is 0 Å². The van der Waals surface area contributed by atoms with Crippen LogP contribution >= 0.6 is 0 Å². The highest BCUT2D eigenvalue weighted by molar-refractivity contribution is 4.98. The highest BCUT2D eigenvalue weighted by atomic mass is 16.5. The molecule has 0 aliphatic carbocycles. The van der Waals surface area contributed by atoms with Crippen molar-refractivity contribution in [2.24, 2.45) is 17.8 Å². The van der Waals surface area contributed by atoms with Gasteiger partial charge in [0.2, 0.25) is 5.89 Å². The lowest BCUT2D eigenvalue weighted by molar-refractivity contribution is 0.200. The molecular weight excluding hydrogens is 240 g/mol. The molecule has 5 heteroatoms. The van der Waals surface area contributed by atoms with Crippen LogP contribution in [0, 0.1) is 17.8 Å². The molecule has 3 unspecified atom stereocenters. The van der Waals surface area contributed by atoms with E-state index in [0.29, 0.717) is 12.0 Å². The van der Waals surface area contributed by atoms with Crippen LogP contribution in [0.5, 0.6) is 0 Å². The predicted octanol–water partition coefficient (Wildman–Crippen LogP) is 1.31. The summed E-state index contributed by atoms with van der Waals surface area (Å²) in [5.74, 6) is 3.78. The molecule has 1 aromatic rings. The zero-order valence-electron chi connectivity index (χ0n) is 12.1. The van der Waals surface area contributed by atoms with Crippen LogP contribution in [0.3, 0.4) is 0 Å². The Morgan fingerprint density at radius 1 is 1.42 bits per heavy atom. The van der Waals surface area contributed by atoms with E-state index in [1.807, 2.05) is 0 Å². The van der Waals surface area contributed by atoms with Crippen LogP contribution in [0.25, 0.3) is 0 Å². The normalized spacial score (nSPS) is 31.3. The Morgan fingerprint density at radius 2 is 2.26 bits per heavy atom. The molecule has 1 N–H and O–H groups in total. The molecule has 0 aromatic carbocycles. The lowest BCUT2D eigenvalue weighted by Gasteiger charge is -2.22. The highest BCUT2D eigenvalue weighted by Gasteiger charge is 2.41. The predicted molar refractivity (Wildman–Crippen MR) is 72.6 cm³/mol. The minimum atomic E-state index is 0.571. The molecule has 2 aliphatic heterocycles. The van der Waals surface area contributed by atoms with E-state index < -0.39 is 0 Å². The van der Waals surface area contributed by atoms with Gasteiger partial charge < -0.3 is 9.84 Å². The summed E-state index contributed by atoms with van der Waals surface area (Å²) in [6.45, 7) is 10.9. The van der Waals surface area contributed by atoms with Crippen LogP contribution in [0.2, 0.25) is 0 Å². The van der Waals surface area contributed by atoms with E-state index in [2.05, 4.69) is 41.1 Å². The Kier molecular flexibility index (Phi) is 3.58. The fourth-order valence-electron chi connectivity index (χ4n) is 3.44. The lowest BCUT2D eigenvalue weighted by atomic mass is 9.95. The summed E-state index contributed by atoms with van der Waals surface area (Å²) in [4.78, 5) is 7.00. The van der Waals surface area contributed by atoms with Gasteiger partial charge in [0.05, 0.1) is 6.54 Å². The highest BCUT2D eigenvalue weighted by Crippen LogP contribution is 2.32. The SMILES string of the molecule is CC(C)Cc1noc(CN2CC3CNCC3C2C)n1. The van der Waals surface area contributed by atoms with Crippen molar-refractivity contribution in [3.8, 4) is 0 Å². The Hall–Kier alpha value is -0.940. The number of fused-ring (bicyclic) bond motifs is 1. The van der Waals surface area contributed by atoms with Crippen LogP contribution in [-0.4, -0.2) is 40.7 Å². The molecule has 2 saturated heterocycles.